The lowest BCUT2D eigenvalue weighted by Crippen LogP contribution is -2.54. The number of nitrogens with zero attached hydrogens (tertiary/aromatic N) is 1. The lowest BCUT2D eigenvalue weighted by Gasteiger charge is -2.40. The van der Waals surface area contributed by atoms with E-state index in [-0.39, 0.29) is 23.8 Å². The van der Waals surface area contributed by atoms with E-state index in [0.29, 0.717) is 25.6 Å². The van der Waals surface area contributed by atoms with Crippen LogP contribution in [0.4, 0.5) is 0 Å². The molecule has 0 aliphatic carbocycles. The molecule has 2 unspecified atom stereocenters. The Morgan fingerprint density at radius 2 is 1.80 bits per heavy atom. The van der Waals surface area contributed by atoms with Gasteiger partial charge in [0, 0.05) is 19.1 Å². The first-order valence-corrected chi connectivity index (χ1v) is 7.54. The molecule has 0 aromatic heterocycles. The molecule has 0 aromatic carbocycles. The van der Waals surface area contributed by atoms with E-state index in [2.05, 4.69) is 19.2 Å². The van der Waals surface area contributed by atoms with Gasteiger partial charge in [0.05, 0.1) is 12.5 Å². The summed E-state index contributed by atoms with van der Waals surface area (Å²) < 4.78 is 0. The second-order valence-corrected chi connectivity index (χ2v) is 6.52. The molecule has 0 aromatic rings. The largest absolute Gasteiger partial charge is 0.481 e. The summed E-state index contributed by atoms with van der Waals surface area (Å²) in [7, 11) is 0. The topological polar surface area (TPSA) is 69.6 Å². The number of rotatable bonds is 8. The van der Waals surface area contributed by atoms with Crippen LogP contribution < -0.4 is 5.32 Å². The molecule has 1 rings (SSSR count). The highest BCUT2D eigenvalue weighted by Gasteiger charge is 2.35. The van der Waals surface area contributed by atoms with Crippen LogP contribution in [0, 0.1) is 17.8 Å². The molecular formula is C15H28N2O3. The van der Waals surface area contributed by atoms with Crippen LogP contribution in [0.5, 0.6) is 0 Å². The number of likely N-dealkylation sites (tertiary alicyclic amines) is 1. The monoisotopic (exact) mass is 284 g/mol. The molecule has 5 heteroatoms. The fourth-order valence-corrected chi connectivity index (χ4v) is 2.44. The lowest BCUT2D eigenvalue weighted by atomic mass is 9.87. The number of hydrogen-bond donors (Lipinski definition) is 2. The van der Waals surface area contributed by atoms with Crippen molar-refractivity contribution in [1.29, 1.82) is 0 Å². The second-order valence-electron chi connectivity index (χ2n) is 6.52. The van der Waals surface area contributed by atoms with E-state index in [1.54, 1.807) is 6.92 Å². The van der Waals surface area contributed by atoms with Gasteiger partial charge >= 0.3 is 5.97 Å². The zero-order valence-electron chi connectivity index (χ0n) is 13.1. The number of carboxylic acid groups (broad SMARTS) is 1. The van der Waals surface area contributed by atoms with Crippen molar-refractivity contribution in [2.75, 3.05) is 19.6 Å². The number of carbonyl (C=O) groups excluding carboxylic acids is 1. The molecule has 0 spiro atoms. The molecule has 1 amide bonds. The summed E-state index contributed by atoms with van der Waals surface area (Å²) in [5.74, 6) is -0.190. The summed E-state index contributed by atoms with van der Waals surface area (Å²) in [6, 6.07) is 0.208. The predicted molar refractivity (Wildman–Crippen MR) is 78.4 cm³/mol. The van der Waals surface area contributed by atoms with Gasteiger partial charge in [0.15, 0.2) is 0 Å². The summed E-state index contributed by atoms with van der Waals surface area (Å²) in [5, 5.41) is 11.9. The van der Waals surface area contributed by atoms with Crippen LogP contribution in [-0.4, -0.2) is 47.6 Å². The van der Waals surface area contributed by atoms with Gasteiger partial charge < -0.3 is 10.4 Å². The van der Waals surface area contributed by atoms with Gasteiger partial charge in [-0.25, -0.2) is 0 Å². The van der Waals surface area contributed by atoms with E-state index in [1.807, 2.05) is 11.8 Å². The Labute approximate surface area is 121 Å². The maximum Gasteiger partial charge on any atom is 0.306 e. The molecule has 1 aliphatic heterocycles. The Hall–Kier alpha value is -1.10. The number of aliphatic carboxylic acids is 1. The highest BCUT2D eigenvalue weighted by Crippen LogP contribution is 2.23. The van der Waals surface area contributed by atoms with Crippen LogP contribution in [-0.2, 0) is 9.59 Å². The molecule has 1 heterocycles. The Morgan fingerprint density at radius 3 is 2.30 bits per heavy atom. The molecule has 0 radical (unpaired) electrons. The van der Waals surface area contributed by atoms with E-state index in [1.165, 1.54) is 0 Å². The smallest absolute Gasteiger partial charge is 0.306 e. The lowest BCUT2D eigenvalue weighted by molar-refractivity contribution is -0.145. The van der Waals surface area contributed by atoms with Crippen molar-refractivity contribution in [2.45, 2.75) is 46.6 Å². The highest BCUT2D eigenvalue weighted by molar-refractivity contribution is 5.78. The van der Waals surface area contributed by atoms with Crippen molar-refractivity contribution >= 4 is 11.9 Å². The van der Waals surface area contributed by atoms with Crippen LogP contribution in [0.2, 0.25) is 0 Å². The molecule has 2 N–H and O–H groups in total. The van der Waals surface area contributed by atoms with Crippen molar-refractivity contribution in [1.82, 2.24) is 10.2 Å². The SMILES string of the molecule is CC(C)CCC(C)NC(=O)CN1CC(C(C)C(=O)O)C1. The number of hydrogen-bond acceptors (Lipinski definition) is 3. The number of carbonyl (C=O) groups is 2. The number of nitrogens with one attached hydrogen (secondary N) is 1. The van der Waals surface area contributed by atoms with Crippen LogP contribution in [0.1, 0.15) is 40.5 Å². The Bertz CT molecular complexity index is 338. The first kappa shape index (κ1) is 17.0. The van der Waals surface area contributed by atoms with Crippen LogP contribution >= 0.6 is 0 Å². The molecule has 0 bridgehead atoms. The summed E-state index contributed by atoms with van der Waals surface area (Å²) in [4.78, 5) is 24.7. The summed E-state index contributed by atoms with van der Waals surface area (Å²) in [6.45, 7) is 9.93. The molecule has 20 heavy (non-hydrogen) atoms. The Morgan fingerprint density at radius 1 is 1.20 bits per heavy atom. The minimum Gasteiger partial charge on any atom is -0.481 e. The van der Waals surface area contributed by atoms with Gasteiger partial charge in [0.1, 0.15) is 0 Å². The van der Waals surface area contributed by atoms with Crippen LogP contribution in [0.3, 0.4) is 0 Å². The third-order valence-corrected chi connectivity index (χ3v) is 4.03. The maximum atomic E-state index is 11.8. The average Bonchev–Trinajstić information content (AvgIpc) is 2.29. The van der Waals surface area contributed by atoms with Crippen molar-refractivity contribution in [3.63, 3.8) is 0 Å². The predicted octanol–water partition coefficient (Wildman–Crippen LogP) is 1.58. The summed E-state index contributed by atoms with van der Waals surface area (Å²) in [5.41, 5.74) is 0. The van der Waals surface area contributed by atoms with Crippen molar-refractivity contribution < 1.29 is 14.7 Å². The minimum atomic E-state index is -0.749. The molecule has 0 saturated carbocycles. The van der Waals surface area contributed by atoms with Gasteiger partial charge in [-0.1, -0.05) is 20.8 Å². The van der Waals surface area contributed by atoms with Gasteiger partial charge in [-0.05, 0) is 31.6 Å². The van der Waals surface area contributed by atoms with E-state index in [0.717, 1.165) is 12.8 Å². The van der Waals surface area contributed by atoms with Crippen molar-refractivity contribution in [3.8, 4) is 0 Å². The summed E-state index contributed by atoms with van der Waals surface area (Å²) >= 11 is 0. The number of amides is 1. The van der Waals surface area contributed by atoms with Gasteiger partial charge in [-0.3, -0.25) is 14.5 Å². The molecule has 116 valence electrons. The quantitative estimate of drug-likeness (QED) is 0.710. The Balaban J connectivity index is 2.17. The first-order valence-electron chi connectivity index (χ1n) is 7.54. The van der Waals surface area contributed by atoms with Gasteiger partial charge in [0.25, 0.3) is 0 Å². The molecule has 2 atom stereocenters. The maximum absolute atomic E-state index is 11.8. The van der Waals surface area contributed by atoms with Crippen LogP contribution in [0.15, 0.2) is 0 Å². The van der Waals surface area contributed by atoms with E-state index < -0.39 is 5.97 Å². The zero-order valence-corrected chi connectivity index (χ0v) is 13.1. The second kappa shape index (κ2) is 7.62. The molecule has 1 saturated heterocycles. The van der Waals surface area contributed by atoms with E-state index in [9.17, 15) is 9.59 Å². The third-order valence-electron chi connectivity index (χ3n) is 4.03. The number of carboxylic acids is 1. The molecule has 1 fully saturated rings. The first-order chi connectivity index (χ1) is 9.29. The standard InChI is InChI=1S/C15H28N2O3/c1-10(2)5-6-11(3)16-14(18)9-17-7-13(8-17)12(4)15(19)20/h10-13H,5-9H2,1-4H3,(H,16,18)(H,19,20). The summed E-state index contributed by atoms with van der Waals surface area (Å²) in [6.07, 6.45) is 2.12. The van der Waals surface area contributed by atoms with E-state index in [4.69, 9.17) is 5.11 Å². The minimum absolute atomic E-state index is 0.0442. The van der Waals surface area contributed by atoms with Gasteiger partial charge in [-0.2, -0.15) is 0 Å². The zero-order chi connectivity index (χ0) is 15.3. The molecule has 5 nitrogen and oxygen atoms in total. The van der Waals surface area contributed by atoms with Gasteiger partial charge in [-0.15, -0.1) is 0 Å². The Kier molecular flexibility index (Phi) is 6.46. The third kappa shape index (κ3) is 5.49. The van der Waals surface area contributed by atoms with Crippen molar-refractivity contribution in [3.05, 3.63) is 0 Å². The average molecular weight is 284 g/mol. The highest BCUT2D eigenvalue weighted by atomic mass is 16.4. The van der Waals surface area contributed by atoms with E-state index >= 15 is 0 Å². The van der Waals surface area contributed by atoms with Crippen molar-refractivity contribution in [2.24, 2.45) is 17.8 Å². The normalized spacial score (nSPS) is 19.4. The fraction of sp³-hybridized carbons (Fsp3) is 0.867. The fourth-order valence-electron chi connectivity index (χ4n) is 2.44. The van der Waals surface area contributed by atoms with Crippen LogP contribution in [0.25, 0.3) is 0 Å². The molecular weight excluding hydrogens is 256 g/mol. The van der Waals surface area contributed by atoms with Gasteiger partial charge in [0.2, 0.25) is 5.91 Å². The molecule has 1 aliphatic rings.